The van der Waals surface area contributed by atoms with Crippen molar-refractivity contribution < 1.29 is 22.9 Å². The molecule has 0 aliphatic heterocycles. The second-order valence-corrected chi connectivity index (χ2v) is 7.49. The van der Waals surface area contributed by atoms with Crippen molar-refractivity contribution in [2.24, 2.45) is 0 Å². The molecular weight excluding hydrogens is 416 g/mol. The largest absolute Gasteiger partial charge is 0.361 e. The maximum atomic E-state index is 14.3. The number of rotatable bonds is 6. The zero-order valence-corrected chi connectivity index (χ0v) is 17.3. The number of halogens is 2. The lowest BCUT2D eigenvalue weighted by molar-refractivity contribution is 0.0780. The molecule has 0 spiro atoms. The van der Waals surface area contributed by atoms with Gasteiger partial charge in [0.2, 0.25) is 5.13 Å². The molecule has 0 aliphatic rings. The number of benzene rings is 1. The van der Waals surface area contributed by atoms with Crippen LogP contribution in [-0.2, 0) is 13.1 Å². The predicted octanol–water partition coefficient (Wildman–Crippen LogP) is 3.62. The van der Waals surface area contributed by atoms with Crippen molar-refractivity contribution in [1.29, 1.82) is 0 Å². The summed E-state index contributed by atoms with van der Waals surface area (Å²) in [5.74, 6) is -0.405. The Balaban J connectivity index is 1.59. The number of aryl methyl sites for hydroxylation is 2. The standard InChI is InChI=1S/C19H19F2N5O3S/c1-10-15(11(2)29-25-10)17(27)26(3)9-14-16(21)30-19(23-14)24-18(28)22-8-12-5-4-6-13(20)7-12/h4-7H,8-9H2,1-3H3,(H2,22,23,24,28). The Kier molecular flexibility index (Phi) is 6.40. The number of carbonyl (C=O) groups excluding carboxylic acids is 2. The van der Waals surface area contributed by atoms with Gasteiger partial charge in [-0.1, -0.05) is 28.6 Å². The van der Waals surface area contributed by atoms with Gasteiger partial charge in [0.05, 0.1) is 12.2 Å². The fraction of sp³-hybridized carbons (Fsp3) is 0.263. The van der Waals surface area contributed by atoms with Crippen LogP contribution < -0.4 is 10.6 Å². The summed E-state index contributed by atoms with van der Waals surface area (Å²) in [5.41, 5.74) is 1.36. The van der Waals surface area contributed by atoms with Crippen LogP contribution in [0.1, 0.15) is 33.1 Å². The Morgan fingerprint density at radius 3 is 2.70 bits per heavy atom. The average Bonchev–Trinajstić information content (AvgIpc) is 3.20. The third-order valence-electron chi connectivity index (χ3n) is 4.19. The molecule has 11 heteroatoms. The summed E-state index contributed by atoms with van der Waals surface area (Å²) in [6.45, 7) is 3.26. The molecule has 3 amide bonds. The molecule has 158 valence electrons. The first-order chi connectivity index (χ1) is 14.2. The van der Waals surface area contributed by atoms with E-state index >= 15 is 0 Å². The fourth-order valence-corrected chi connectivity index (χ4v) is 3.43. The van der Waals surface area contributed by atoms with E-state index in [-0.39, 0.29) is 29.8 Å². The van der Waals surface area contributed by atoms with Crippen molar-refractivity contribution in [2.75, 3.05) is 12.4 Å². The molecule has 30 heavy (non-hydrogen) atoms. The minimum absolute atomic E-state index is 0.0167. The zero-order chi connectivity index (χ0) is 21.8. The lowest BCUT2D eigenvalue weighted by Gasteiger charge is -2.15. The van der Waals surface area contributed by atoms with Gasteiger partial charge in [0, 0.05) is 13.6 Å². The minimum Gasteiger partial charge on any atom is -0.361 e. The third kappa shape index (κ3) is 4.98. The van der Waals surface area contributed by atoms with E-state index in [2.05, 4.69) is 20.8 Å². The number of urea groups is 1. The Hall–Kier alpha value is -3.34. The van der Waals surface area contributed by atoms with E-state index in [1.54, 1.807) is 19.9 Å². The highest BCUT2D eigenvalue weighted by Gasteiger charge is 2.23. The number of anilines is 1. The van der Waals surface area contributed by atoms with E-state index in [1.165, 1.54) is 30.1 Å². The number of hydrogen-bond donors (Lipinski definition) is 2. The molecule has 8 nitrogen and oxygen atoms in total. The molecule has 0 saturated carbocycles. The van der Waals surface area contributed by atoms with E-state index in [1.807, 2.05) is 0 Å². The highest BCUT2D eigenvalue weighted by atomic mass is 32.1. The van der Waals surface area contributed by atoms with Crippen molar-refractivity contribution in [1.82, 2.24) is 20.4 Å². The molecular formula is C19H19F2N5O3S. The van der Waals surface area contributed by atoms with E-state index in [4.69, 9.17) is 4.52 Å². The zero-order valence-electron chi connectivity index (χ0n) is 16.5. The number of nitrogens with one attached hydrogen (secondary N) is 2. The van der Waals surface area contributed by atoms with E-state index in [9.17, 15) is 18.4 Å². The van der Waals surface area contributed by atoms with Crippen LogP contribution in [0.2, 0.25) is 0 Å². The number of amides is 3. The van der Waals surface area contributed by atoms with Gasteiger partial charge < -0.3 is 14.7 Å². The number of nitrogens with zero attached hydrogens (tertiary/aromatic N) is 3. The average molecular weight is 435 g/mol. The molecule has 2 aromatic heterocycles. The van der Waals surface area contributed by atoms with Gasteiger partial charge in [-0.3, -0.25) is 10.1 Å². The van der Waals surface area contributed by atoms with Gasteiger partial charge in [-0.05, 0) is 31.5 Å². The maximum Gasteiger partial charge on any atom is 0.321 e. The van der Waals surface area contributed by atoms with E-state index < -0.39 is 17.0 Å². The van der Waals surface area contributed by atoms with E-state index in [0.717, 1.165) is 0 Å². The highest BCUT2D eigenvalue weighted by Crippen LogP contribution is 2.23. The van der Waals surface area contributed by atoms with Gasteiger partial charge in [-0.2, -0.15) is 4.39 Å². The smallest absolute Gasteiger partial charge is 0.321 e. The van der Waals surface area contributed by atoms with Crippen LogP contribution in [0.5, 0.6) is 0 Å². The Morgan fingerprint density at radius 2 is 2.03 bits per heavy atom. The molecule has 0 atom stereocenters. The van der Waals surface area contributed by atoms with Gasteiger partial charge in [0.25, 0.3) is 5.91 Å². The fourth-order valence-electron chi connectivity index (χ4n) is 2.73. The van der Waals surface area contributed by atoms with Crippen LogP contribution in [0.25, 0.3) is 0 Å². The van der Waals surface area contributed by atoms with Gasteiger partial charge in [-0.15, -0.1) is 0 Å². The van der Waals surface area contributed by atoms with Gasteiger partial charge >= 0.3 is 6.03 Å². The molecule has 2 heterocycles. The van der Waals surface area contributed by atoms with Crippen molar-refractivity contribution in [3.8, 4) is 0 Å². The second-order valence-electron chi connectivity index (χ2n) is 6.54. The summed E-state index contributed by atoms with van der Waals surface area (Å²) in [5, 5.41) is 8.13. The predicted molar refractivity (Wildman–Crippen MR) is 106 cm³/mol. The Bertz CT molecular complexity index is 1060. The van der Waals surface area contributed by atoms with Crippen molar-refractivity contribution in [2.45, 2.75) is 26.9 Å². The molecule has 0 bridgehead atoms. The molecule has 0 saturated heterocycles. The molecule has 0 radical (unpaired) electrons. The maximum absolute atomic E-state index is 14.3. The molecule has 0 fully saturated rings. The SMILES string of the molecule is Cc1noc(C)c1C(=O)N(C)Cc1nc(NC(=O)NCc2cccc(F)c2)sc1F. The summed E-state index contributed by atoms with van der Waals surface area (Å²) >= 11 is 0.646. The summed E-state index contributed by atoms with van der Waals surface area (Å²) in [6.07, 6.45) is 0. The van der Waals surface area contributed by atoms with Crippen molar-refractivity contribution in [3.05, 3.63) is 63.5 Å². The number of aromatic nitrogens is 2. The second kappa shape index (κ2) is 8.99. The van der Waals surface area contributed by atoms with Crippen molar-refractivity contribution in [3.63, 3.8) is 0 Å². The monoisotopic (exact) mass is 435 g/mol. The van der Waals surface area contributed by atoms with Crippen LogP contribution in [0.4, 0.5) is 18.7 Å². The van der Waals surface area contributed by atoms with Crippen LogP contribution in [0.3, 0.4) is 0 Å². The van der Waals surface area contributed by atoms with Crippen molar-refractivity contribution >= 4 is 28.4 Å². The highest BCUT2D eigenvalue weighted by molar-refractivity contribution is 7.14. The molecule has 0 aliphatic carbocycles. The third-order valence-corrected chi connectivity index (χ3v) is 4.99. The lowest BCUT2D eigenvalue weighted by Crippen LogP contribution is -2.28. The summed E-state index contributed by atoms with van der Waals surface area (Å²) in [7, 11) is 1.51. The summed E-state index contributed by atoms with van der Waals surface area (Å²) < 4.78 is 32.4. The van der Waals surface area contributed by atoms with Crippen LogP contribution in [0, 0.1) is 24.8 Å². The molecule has 3 rings (SSSR count). The lowest BCUT2D eigenvalue weighted by atomic mass is 10.2. The van der Waals surface area contributed by atoms with Gasteiger partial charge in [-0.25, -0.2) is 14.2 Å². The van der Waals surface area contributed by atoms with Gasteiger partial charge in [0.15, 0.2) is 5.13 Å². The molecule has 1 aromatic carbocycles. The van der Waals surface area contributed by atoms with E-state index in [0.29, 0.717) is 33.9 Å². The number of thiazole rings is 1. The summed E-state index contributed by atoms with van der Waals surface area (Å²) in [4.78, 5) is 29.9. The first-order valence-electron chi connectivity index (χ1n) is 8.87. The normalized spacial score (nSPS) is 10.7. The van der Waals surface area contributed by atoms with Crippen LogP contribution >= 0.6 is 11.3 Å². The van der Waals surface area contributed by atoms with Crippen LogP contribution in [0.15, 0.2) is 28.8 Å². The number of carbonyl (C=O) groups is 2. The minimum atomic E-state index is -0.617. The summed E-state index contributed by atoms with van der Waals surface area (Å²) in [6, 6.07) is 5.19. The molecule has 0 unspecified atom stereocenters. The van der Waals surface area contributed by atoms with Crippen LogP contribution in [-0.4, -0.2) is 34.0 Å². The van der Waals surface area contributed by atoms with Gasteiger partial charge in [0.1, 0.15) is 22.8 Å². The first-order valence-corrected chi connectivity index (χ1v) is 9.69. The Morgan fingerprint density at radius 1 is 1.27 bits per heavy atom. The molecule has 3 aromatic rings. The molecule has 2 N–H and O–H groups in total. The Labute approximate surface area is 174 Å². The first kappa shape index (κ1) is 21.4. The number of hydrogen-bond acceptors (Lipinski definition) is 6. The quantitative estimate of drug-likeness (QED) is 0.616. The topological polar surface area (TPSA) is 100 Å².